The first-order chi connectivity index (χ1) is 16.0. The third-order valence-corrected chi connectivity index (χ3v) is 7.50. The van der Waals surface area contributed by atoms with Gasteiger partial charge in [0, 0.05) is 32.2 Å². The molecule has 1 heterocycles. The van der Waals surface area contributed by atoms with E-state index in [2.05, 4.69) is 55.2 Å². The number of nitrogens with zero attached hydrogens (tertiary/aromatic N) is 1. The minimum absolute atomic E-state index is 0. The number of aromatic nitrogens is 1. The third-order valence-electron chi connectivity index (χ3n) is 7.50. The molecule has 2 aliphatic rings. The second-order valence-corrected chi connectivity index (χ2v) is 10.1. The topological polar surface area (TPSA) is 53.4 Å². The first kappa shape index (κ1) is 27.0. The predicted octanol–water partition coefficient (Wildman–Crippen LogP) is 6.91. The summed E-state index contributed by atoms with van der Waals surface area (Å²) in [5, 5.41) is 22.5. The van der Waals surface area contributed by atoms with Crippen molar-refractivity contribution >= 4 is 10.8 Å². The van der Waals surface area contributed by atoms with Crippen LogP contribution in [0.4, 0.5) is 0 Å². The first-order valence-electron chi connectivity index (χ1n) is 12.8. The van der Waals surface area contributed by atoms with Gasteiger partial charge in [0.2, 0.25) is 0 Å². The van der Waals surface area contributed by atoms with Gasteiger partial charge >= 0.3 is 0 Å². The fourth-order valence-electron chi connectivity index (χ4n) is 5.62. The average molecular weight is 637 g/mol. The third kappa shape index (κ3) is 6.55. The van der Waals surface area contributed by atoms with E-state index in [9.17, 15) is 10.2 Å². The summed E-state index contributed by atoms with van der Waals surface area (Å²) in [7, 11) is 0. The van der Waals surface area contributed by atoms with Crippen LogP contribution in [0.5, 0.6) is 0 Å². The van der Waals surface area contributed by atoms with Gasteiger partial charge in [0.05, 0.1) is 12.2 Å². The first-order valence-corrected chi connectivity index (χ1v) is 12.8. The van der Waals surface area contributed by atoms with Crippen LogP contribution in [0, 0.1) is 17.9 Å². The fraction of sp³-hybridized carbons (Fsp3) is 0.500. The Morgan fingerprint density at radius 2 is 1.56 bits per heavy atom. The summed E-state index contributed by atoms with van der Waals surface area (Å²) in [6.45, 7) is 4.43. The summed E-state index contributed by atoms with van der Waals surface area (Å²) in [6, 6.07) is 20.0. The molecule has 5 rings (SSSR count). The number of hydrogen-bond acceptors (Lipinski definition) is 3. The molecular formula is C30H38IrNO2-. The van der Waals surface area contributed by atoms with Crippen molar-refractivity contribution in [3.8, 4) is 11.3 Å². The molecule has 3 nitrogen and oxygen atoms in total. The molecule has 185 valence electrons. The largest absolute Gasteiger partial charge is 0.393 e. The molecule has 3 aromatic rings. The summed E-state index contributed by atoms with van der Waals surface area (Å²) in [6.07, 6.45) is 10.4. The molecule has 2 saturated carbocycles. The quantitative estimate of drug-likeness (QED) is 0.301. The van der Waals surface area contributed by atoms with E-state index in [1.54, 1.807) is 0 Å². The monoisotopic (exact) mass is 637 g/mol. The Balaban J connectivity index is 0.000000193. The Labute approximate surface area is 218 Å². The SMILES string of the molecule is CC(C)c1ccc2ccnc(-c3[c-]cccc3)c2c1.OC1CCCCC2CCCCC(O)C12.[Ir]. The van der Waals surface area contributed by atoms with Crippen LogP contribution in [0.25, 0.3) is 22.0 Å². The van der Waals surface area contributed by atoms with E-state index in [0.29, 0.717) is 11.8 Å². The molecule has 2 atom stereocenters. The Hall–Kier alpha value is -1.58. The second-order valence-electron chi connectivity index (χ2n) is 10.1. The van der Waals surface area contributed by atoms with Crippen molar-refractivity contribution in [1.82, 2.24) is 4.98 Å². The number of aliphatic hydroxyl groups excluding tert-OH is 2. The van der Waals surface area contributed by atoms with Gasteiger partial charge in [-0.15, -0.1) is 35.9 Å². The van der Waals surface area contributed by atoms with Gasteiger partial charge < -0.3 is 15.2 Å². The molecule has 0 spiro atoms. The number of pyridine rings is 1. The summed E-state index contributed by atoms with van der Waals surface area (Å²) in [5.74, 6) is 1.29. The number of rotatable bonds is 2. The molecule has 0 amide bonds. The summed E-state index contributed by atoms with van der Waals surface area (Å²) in [5.41, 5.74) is 3.41. The maximum Gasteiger partial charge on any atom is 0.0595 e. The molecule has 2 aliphatic carbocycles. The maximum absolute atomic E-state index is 10.0. The molecule has 4 heteroatoms. The molecule has 34 heavy (non-hydrogen) atoms. The van der Waals surface area contributed by atoms with Crippen molar-refractivity contribution < 1.29 is 30.3 Å². The molecule has 2 unspecified atom stereocenters. The van der Waals surface area contributed by atoms with E-state index < -0.39 is 0 Å². The zero-order chi connectivity index (χ0) is 23.2. The van der Waals surface area contributed by atoms with Crippen LogP contribution in [-0.4, -0.2) is 27.4 Å². The molecule has 0 bridgehead atoms. The van der Waals surface area contributed by atoms with Crippen molar-refractivity contribution in [2.45, 2.75) is 83.3 Å². The Morgan fingerprint density at radius 1 is 0.882 bits per heavy atom. The molecule has 2 fully saturated rings. The second kappa shape index (κ2) is 12.9. The van der Waals surface area contributed by atoms with Crippen molar-refractivity contribution in [3.05, 3.63) is 66.4 Å². The Morgan fingerprint density at radius 3 is 2.18 bits per heavy atom. The fourth-order valence-corrected chi connectivity index (χ4v) is 5.62. The molecule has 2 aromatic carbocycles. The van der Waals surface area contributed by atoms with Gasteiger partial charge in [-0.25, -0.2) is 0 Å². The molecule has 0 saturated heterocycles. The van der Waals surface area contributed by atoms with Gasteiger partial charge in [0.1, 0.15) is 0 Å². The van der Waals surface area contributed by atoms with Gasteiger partial charge in [-0.1, -0.05) is 57.7 Å². The minimum atomic E-state index is -0.240. The van der Waals surface area contributed by atoms with E-state index in [1.165, 1.54) is 42.0 Å². The standard InChI is InChI=1S/C18H16N.C12H22O2.Ir/c1-13(2)16-9-8-14-10-11-19-18(17(14)12-16)15-6-4-3-5-7-15;13-10-7-3-1-5-9-6-2-4-8-11(14)12(9)10;/h3-6,8-13H,1-2H3;9-14H,1-8H2;/q-1;;. The molecular weight excluding hydrogens is 599 g/mol. The maximum atomic E-state index is 10.0. The number of benzene rings is 2. The van der Waals surface area contributed by atoms with Crippen molar-refractivity contribution in [2.24, 2.45) is 11.8 Å². The van der Waals surface area contributed by atoms with Gasteiger partial charge in [0.25, 0.3) is 0 Å². The zero-order valence-corrected chi connectivity index (χ0v) is 22.8. The van der Waals surface area contributed by atoms with Crippen LogP contribution in [0.2, 0.25) is 0 Å². The van der Waals surface area contributed by atoms with E-state index in [0.717, 1.165) is 36.9 Å². The summed E-state index contributed by atoms with van der Waals surface area (Å²) in [4.78, 5) is 4.55. The number of aliphatic hydroxyl groups is 2. The molecule has 1 radical (unpaired) electrons. The van der Waals surface area contributed by atoms with Crippen LogP contribution >= 0.6 is 0 Å². The molecule has 1 aromatic heterocycles. The number of fused-ring (bicyclic) bond motifs is 2. The zero-order valence-electron chi connectivity index (χ0n) is 20.4. The van der Waals surface area contributed by atoms with E-state index >= 15 is 0 Å². The van der Waals surface area contributed by atoms with Crippen LogP contribution in [-0.2, 0) is 20.1 Å². The van der Waals surface area contributed by atoms with E-state index in [1.807, 2.05) is 24.4 Å². The van der Waals surface area contributed by atoms with Gasteiger partial charge in [-0.2, -0.15) is 0 Å². The van der Waals surface area contributed by atoms with Crippen molar-refractivity contribution in [1.29, 1.82) is 0 Å². The van der Waals surface area contributed by atoms with Crippen LogP contribution in [0.15, 0.2) is 54.7 Å². The van der Waals surface area contributed by atoms with Crippen LogP contribution in [0.3, 0.4) is 0 Å². The number of hydrogen-bond donors (Lipinski definition) is 2. The van der Waals surface area contributed by atoms with E-state index in [-0.39, 0.29) is 38.2 Å². The smallest absolute Gasteiger partial charge is 0.0595 e. The van der Waals surface area contributed by atoms with Crippen LogP contribution in [0.1, 0.15) is 76.7 Å². The van der Waals surface area contributed by atoms with Gasteiger partial charge in [-0.05, 0) is 65.6 Å². The van der Waals surface area contributed by atoms with E-state index in [4.69, 9.17) is 0 Å². The summed E-state index contributed by atoms with van der Waals surface area (Å²) >= 11 is 0. The van der Waals surface area contributed by atoms with Gasteiger partial charge in [0.15, 0.2) is 0 Å². The van der Waals surface area contributed by atoms with Crippen molar-refractivity contribution in [2.75, 3.05) is 0 Å². The molecule has 0 aliphatic heterocycles. The summed E-state index contributed by atoms with van der Waals surface area (Å²) < 4.78 is 0. The van der Waals surface area contributed by atoms with Gasteiger partial charge in [-0.3, -0.25) is 0 Å². The minimum Gasteiger partial charge on any atom is -0.393 e. The van der Waals surface area contributed by atoms with Crippen molar-refractivity contribution in [3.63, 3.8) is 0 Å². The Kier molecular flexibility index (Phi) is 10.3. The van der Waals surface area contributed by atoms with Crippen LogP contribution < -0.4 is 0 Å². The average Bonchev–Trinajstić information content (AvgIpc) is 3.14. The molecule has 2 N–H and O–H groups in total. The normalized spacial score (nSPS) is 24.7. The predicted molar refractivity (Wildman–Crippen MR) is 136 cm³/mol. The Bertz CT molecular complexity index is 1000.